The van der Waals surface area contributed by atoms with Crippen LogP contribution >= 0.6 is 0 Å². The van der Waals surface area contributed by atoms with Gasteiger partial charge in [0.25, 0.3) is 0 Å². The van der Waals surface area contributed by atoms with Gasteiger partial charge in [0.1, 0.15) is 17.6 Å². The first-order valence-electron chi connectivity index (χ1n) is 10.6. The van der Waals surface area contributed by atoms with Crippen LogP contribution in [0.5, 0.6) is 11.5 Å². The maximum absolute atomic E-state index is 13.2. The third-order valence-electron chi connectivity index (χ3n) is 5.41. The summed E-state index contributed by atoms with van der Waals surface area (Å²) in [5, 5.41) is 16.9. The zero-order valence-electron chi connectivity index (χ0n) is 18.2. The number of carbonyl (C=O) groups excluding carboxylic acids is 2. The number of rotatable bonds is 5. The highest BCUT2D eigenvalue weighted by molar-refractivity contribution is 6.08. The molecule has 34 heavy (non-hydrogen) atoms. The highest BCUT2D eigenvalue weighted by atomic mass is 16.5. The molecular formula is C25H19N5O4. The number of hydrogen-bond acceptors (Lipinski definition) is 6. The lowest BCUT2D eigenvalue weighted by molar-refractivity contribution is 0.0525. The standard InChI is InChI=1S/C25H19N5O4/c1-2-33-24(31)21-15-29-23-20(21)14-27-25(32)30(22(23)16(12-26)13-28-29)17-8-10-19(11-9-17)34-18-6-4-3-5-7-18/h3-11,13,15H,2,14H2,1H3,(H,27,32). The fourth-order valence-electron chi connectivity index (χ4n) is 3.93. The number of nitrogens with one attached hydrogen (secondary N) is 1. The number of amides is 2. The Morgan fingerprint density at radius 1 is 1.15 bits per heavy atom. The van der Waals surface area contributed by atoms with Crippen molar-refractivity contribution in [2.24, 2.45) is 0 Å². The van der Waals surface area contributed by atoms with Crippen LogP contribution in [0.25, 0.3) is 5.52 Å². The predicted molar refractivity (Wildman–Crippen MR) is 123 cm³/mol. The summed E-state index contributed by atoms with van der Waals surface area (Å²) in [6.45, 7) is 2.01. The quantitative estimate of drug-likeness (QED) is 0.445. The summed E-state index contributed by atoms with van der Waals surface area (Å²) in [6.07, 6.45) is 2.93. The van der Waals surface area contributed by atoms with E-state index >= 15 is 0 Å². The van der Waals surface area contributed by atoms with E-state index in [1.165, 1.54) is 15.6 Å². The minimum atomic E-state index is -0.516. The van der Waals surface area contributed by atoms with Gasteiger partial charge in [-0.25, -0.2) is 14.1 Å². The monoisotopic (exact) mass is 453 g/mol. The second kappa shape index (κ2) is 8.60. The van der Waals surface area contributed by atoms with Gasteiger partial charge in [-0.05, 0) is 43.3 Å². The average Bonchev–Trinajstić information content (AvgIpc) is 3.16. The summed E-state index contributed by atoms with van der Waals surface area (Å²) < 4.78 is 12.5. The molecule has 4 aromatic rings. The lowest BCUT2D eigenvalue weighted by Gasteiger charge is -2.23. The molecule has 0 radical (unpaired) electrons. The van der Waals surface area contributed by atoms with E-state index in [2.05, 4.69) is 16.5 Å². The number of hydrogen-bond donors (Lipinski definition) is 1. The molecule has 0 unspecified atom stereocenters. The Balaban J connectivity index is 1.62. The Morgan fingerprint density at radius 2 is 1.88 bits per heavy atom. The van der Waals surface area contributed by atoms with Crippen molar-refractivity contribution < 1.29 is 19.1 Å². The van der Waals surface area contributed by atoms with E-state index in [1.54, 1.807) is 37.4 Å². The number of aromatic nitrogens is 2. The van der Waals surface area contributed by atoms with E-state index in [0.29, 0.717) is 39.5 Å². The largest absolute Gasteiger partial charge is 0.462 e. The smallest absolute Gasteiger partial charge is 0.340 e. The second-order valence-corrected chi connectivity index (χ2v) is 7.46. The van der Waals surface area contributed by atoms with Crippen molar-refractivity contribution in [1.29, 1.82) is 5.26 Å². The Morgan fingerprint density at radius 3 is 2.59 bits per heavy atom. The van der Waals surface area contributed by atoms with Crippen molar-refractivity contribution in [2.45, 2.75) is 13.5 Å². The maximum atomic E-state index is 13.2. The topological polar surface area (TPSA) is 109 Å². The molecule has 1 aliphatic rings. The Bertz CT molecular complexity index is 1440. The van der Waals surface area contributed by atoms with Gasteiger partial charge in [-0.1, -0.05) is 18.2 Å². The van der Waals surface area contributed by atoms with E-state index < -0.39 is 12.0 Å². The Kier molecular flexibility index (Phi) is 5.32. The summed E-state index contributed by atoms with van der Waals surface area (Å²) in [5.41, 5.74) is 2.38. The number of urea groups is 1. The normalized spacial score (nSPS) is 12.6. The number of ether oxygens (including phenoxy) is 2. The summed E-state index contributed by atoms with van der Waals surface area (Å²) in [5.74, 6) is 0.769. The van der Waals surface area contributed by atoms with E-state index in [1.807, 2.05) is 30.3 Å². The maximum Gasteiger partial charge on any atom is 0.340 e. The van der Waals surface area contributed by atoms with Crippen LogP contribution in [-0.4, -0.2) is 28.2 Å². The lowest BCUT2D eigenvalue weighted by Crippen LogP contribution is -2.35. The highest BCUT2D eigenvalue weighted by Crippen LogP contribution is 2.38. The molecule has 5 rings (SSSR count). The van der Waals surface area contributed by atoms with E-state index in [-0.39, 0.29) is 18.7 Å². The van der Waals surface area contributed by atoms with Crippen LogP contribution in [0.15, 0.2) is 67.0 Å². The van der Waals surface area contributed by atoms with Crippen molar-refractivity contribution >= 4 is 28.9 Å². The number of nitriles is 1. The fraction of sp³-hybridized carbons (Fsp3) is 0.120. The molecule has 0 saturated heterocycles. The molecule has 3 heterocycles. The van der Waals surface area contributed by atoms with Gasteiger partial charge >= 0.3 is 12.0 Å². The molecular weight excluding hydrogens is 434 g/mol. The number of carbonyl (C=O) groups is 2. The minimum Gasteiger partial charge on any atom is -0.462 e. The van der Waals surface area contributed by atoms with Crippen molar-refractivity contribution in [2.75, 3.05) is 11.5 Å². The molecule has 2 aromatic carbocycles. The lowest BCUT2D eigenvalue weighted by atomic mass is 10.1. The van der Waals surface area contributed by atoms with Gasteiger partial charge in [-0.15, -0.1) is 0 Å². The number of para-hydroxylation sites is 1. The first-order chi connectivity index (χ1) is 16.6. The molecule has 0 atom stereocenters. The second-order valence-electron chi connectivity index (χ2n) is 7.46. The van der Waals surface area contributed by atoms with Gasteiger partial charge in [0, 0.05) is 18.3 Å². The van der Waals surface area contributed by atoms with Gasteiger partial charge < -0.3 is 14.8 Å². The predicted octanol–water partition coefficient (Wildman–Crippen LogP) is 4.54. The van der Waals surface area contributed by atoms with E-state index in [9.17, 15) is 14.9 Å². The van der Waals surface area contributed by atoms with Crippen LogP contribution in [0.2, 0.25) is 0 Å². The SMILES string of the molecule is CCOC(=O)c1cn2ncc(C#N)c3c2c1CNC(=O)N3c1ccc(Oc2ccccc2)cc1. The Labute approximate surface area is 194 Å². The molecule has 2 aromatic heterocycles. The highest BCUT2D eigenvalue weighted by Gasteiger charge is 2.32. The molecule has 0 fully saturated rings. The average molecular weight is 453 g/mol. The van der Waals surface area contributed by atoms with E-state index in [0.717, 1.165) is 0 Å². The van der Waals surface area contributed by atoms with Crippen LogP contribution in [0, 0.1) is 11.3 Å². The van der Waals surface area contributed by atoms with Gasteiger partial charge in [-0.2, -0.15) is 10.4 Å². The van der Waals surface area contributed by atoms with Crippen molar-refractivity contribution in [3.63, 3.8) is 0 Å². The molecule has 168 valence electrons. The summed E-state index contributed by atoms with van der Waals surface area (Å²) in [4.78, 5) is 27.2. The van der Waals surface area contributed by atoms with Gasteiger partial charge in [-0.3, -0.25) is 4.90 Å². The van der Waals surface area contributed by atoms with Gasteiger partial charge in [0.05, 0.1) is 40.8 Å². The summed E-state index contributed by atoms with van der Waals surface area (Å²) >= 11 is 0. The van der Waals surface area contributed by atoms with Gasteiger partial charge in [0.2, 0.25) is 0 Å². The van der Waals surface area contributed by atoms with Crippen LogP contribution in [0.4, 0.5) is 16.2 Å². The third-order valence-corrected chi connectivity index (χ3v) is 5.41. The molecule has 9 nitrogen and oxygen atoms in total. The third kappa shape index (κ3) is 3.57. The number of anilines is 2. The number of esters is 1. The molecule has 2 amide bonds. The zero-order chi connectivity index (χ0) is 23.7. The first kappa shape index (κ1) is 21.0. The number of nitrogens with zero attached hydrogens (tertiary/aromatic N) is 4. The Hall–Kier alpha value is -4.84. The van der Waals surface area contributed by atoms with Crippen molar-refractivity contribution in [1.82, 2.24) is 14.9 Å². The number of benzene rings is 2. The fourth-order valence-corrected chi connectivity index (χ4v) is 3.93. The van der Waals surface area contributed by atoms with E-state index in [4.69, 9.17) is 9.47 Å². The summed E-state index contributed by atoms with van der Waals surface area (Å²) in [7, 11) is 0. The molecule has 0 spiro atoms. The molecule has 0 saturated carbocycles. The minimum absolute atomic E-state index is 0.0821. The molecule has 9 heteroatoms. The molecule has 0 bridgehead atoms. The van der Waals surface area contributed by atoms with Crippen LogP contribution in [-0.2, 0) is 11.3 Å². The molecule has 1 aliphatic heterocycles. The van der Waals surface area contributed by atoms with Gasteiger partial charge in [0.15, 0.2) is 0 Å². The molecule has 1 N–H and O–H groups in total. The molecule has 0 aliphatic carbocycles. The first-order valence-corrected chi connectivity index (χ1v) is 10.6. The van der Waals surface area contributed by atoms with Crippen molar-refractivity contribution in [3.8, 4) is 17.6 Å². The van der Waals surface area contributed by atoms with Crippen LogP contribution in [0.1, 0.15) is 28.4 Å². The zero-order valence-corrected chi connectivity index (χ0v) is 18.2. The van der Waals surface area contributed by atoms with Crippen molar-refractivity contribution in [3.05, 3.63) is 83.7 Å². The van der Waals surface area contributed by atoms with Crippen LogP contribution < -0.4 is 15.0 Å². The van der Waals surface area contributed by atoms with Crippen LogP contribution in [0.3, 0.4) is 0 Å². The summed E-state index contributed by atoms with van der Waals surface area (Å²) in [6, 6.07) is 18.0.